The maximum Gasteiger partial charge on any atom is 0.246 e. The van der Waals surface area contributed by atoms with Gasteiger partial charge in [0.05, 0.1) is 7.11 Å². The second kappa shape index (κ2) is 7.27. The first-order valence-electron chi connectivity index (χ1n) is 7.38. The van der Waals surface area contributed by atoms with Gasteiger partial charge in [-0.1, -0.05) is 18.2 Å². The second-order valence-electron chi connectivity index (χ2n) is 5.56. The summed E-state index contributed by atoms with van der Waals surface area (Å²) >= 11 is 0. The molecule has 1 saturated heterocycles. The molecular formula is C17H24N2O2. The molecule has 0 aliphatic carbocycles. The number of benzene rings is 1. The minimum Gasteiger partial charge on any atom is -0.496 e. The van der Waals surface area contributed by atoms with Crippen LogP contribution in [0.25, 0.3) is 6.08 Å². The predicted octanol–water partition coefficient (Wildman–Crippen LogP) is 2.26. The van der Waals surface area contributed by atoms with Gasteiger partial charge in [0.1, 0.15) is 5.75 Å². The molecule has 0 spiro atoms. The molecular weight excluding hydrogens is 264 g/mol. The second-order valence-corrected chi connectivity index (χ2v) is 5.56. The smallest absolute Gasteiger partial charge is 0.246 e. The van der Waals surface area contributed by atoms with E-state index in [4.69, 9.17) is 4.74 Å². The molecule has 4 heteroatoms. The molecule has 0 radical (unpaired) electrons. The third-order valence-electron chi connectivity index (χ3n) is 4.13. The van der Waals surface area contributed by atoms with E-state index >= 15 is 0 Å². The molecule has 2 rings (SSSR count). The monoisotopic (exact) mass is 288 g/mol. The van der Waals surface area contributed by atoms with E-state index in [-0.39, 0.29) is 5.91 Å². The Balaban J connectivity index is 1.98. The van der Waals surface area contributed by atoms with Crippen molar-refractivity contribution >= 4 is 12.0 Å². The summed E-state index contributed by atoms with van der Waals surface area (Å²) < 4.78 is 5.28. The van der Waals surface area contributed by atoms with Crippen LogP contribution in [0.15, 0.2) is 30.3 Å². The molecule has 1 fully saturated rings. The van der Waals surface area contributed by atoms with E-state index in [0.29, 0.717) is 6.04 Å². The van der Waals surface area contributed by atoms with Gasteiger partial charge in [0, 0.05) is 24.7 Å². The summed E-state index contributed by atoms with van der Waals surface area (Å²) in [6.07, 6.45) is 5.55. The average molecular weight is 288 g/mol. The first-order chi connectivity index (χ1) is 10.1. The standard InChI is InChI=1S/C17H24N2O2/c1-18-12-10-15(11-13-18)19(2)17(20)9-8-14-6-4-5-7-16(14)21-3/h4-9,15H,10-13H2,1-3H3/b9-8-. The molecule has 1 heterocycles. The number of methoxy groups -OCH3 is 1. The third-order valence-corrected chi connectivity index (χ3v) is 4.13. The molecule has 1 amide bonds. The summed E-state index contributed by atoms with van der Waals surface area (Å²) in [6.45, 7) is 2.11. The van der Waals surface area contributed by atoms with E-state index in [1.807, 2.05) is 42.3 Å². The number of amides is 1. The lowest BCUT2D eigenvalue weighted by molar-refractivity contribution is -0.127. The van der Waals surface area contributed by atoms with Crippen molar-refractivity contribution in [2.24, 2.45) is 0 Å². The number of likely N-dealkylation sites (N-methyl/N-ethyl adjacent to an activating group) is 1. The largest absolute Gasteiger partial charge is 0.496 e. The minimum atomic E-state index is 0.0514. The highest BCUT2D eigenvalue weighted by molar-refractivity contribution is 5.92. The first kappa shape index (κ1) is 15.6. The Labute approximate surface area is 127 Å². The third kappa shape index (κ3) is 4.08. The van der Waals surface area contributed by atoms with Crippen LogP contribution in [0.3, 0.4) is 0 Å². The molecule has 0 saturated carbocycles. The molecule has 0 unspecified atom stereocenters. The Morgan fingerprint density at radius 3 is 2.67 bits per heavy atom. The molecule has 21 heavy (non-hydrogen) atoms. The Morgan fingerprint density at radius 2 is 2.00 bits per heavy atom. The first-order valence-corrected chi connectivity index (χ1v) is 7.38. The number of piperidine rings is 1. The summed E-state index contributed by atoms with van der Waals surface area (Å²) in [4.78, 5) is 16.4. The van der Waals surface area contributed by atoms with E-state index in [1.165, 1.54) is 0 Å². The number of nitrogens with zero attached hydrogens (tertiary/aromatic N) is 2. The number of hydrogen-bond donors (Lipinski definition) is 0. The van der Waals surface area contributed by atoms with Gasteiger partial charge in [-0.3, -0.25) is 4.79 Å². The summed E-state index contributed by atoms with van der Waals surface area (Å²) in [7, 11) is 5.66. The molecule has 0 bridgehead atoms. The van der Waals surface area contributed by atoms with Gasteiger partial charge in [-0.2, -0.15) is 0 Å². The number of ether oxygens (including phenoxy) is 1. The molecule has 0 N–H and O–H groups in total. The van der Waals surface area contributed by atoms with Crippen molar-refractivity contribution in [1.82, 2.24) is 9.80 Å². The predicted molar refractivity (Wildman–Crippen MR) is 85.3 cm³/mol. The molecule has 1 aliphatic rings. The van der Waals surface area contributed by atoms with Crippen molar-refractivity contribution in [3.8, 4) is 5.75 Å². The van der Waals surface area contributed by atoms with Gasteiger partial charge in [-0.15, -0.1) is 0 Å². The number of likely N-dealkylation sites (tertiary alicyclic amines) is 1. The lowest BCUT2D eigenvalue weighted by Crippen LogP contribution is -2.43. The highest BCUT2D eigenvalue weighted by atomic mass is 16.5. The Kier molecular flexibility index (Phi) is 5.39. The summed E-state index contributed by atoms with van der Waals surface area (Å²) in [5, 5.41) is 0. The Bertz CT molecular complexity index is 505. The fraction of sp³-hybridized carbons (Fsp3) is 0.471. The maximum absolute atomic E-state index is 12.3. The molecule has 1 aliphatic heterocycles. The van der Waals surface area contributed by atoms with Crippen LogP contribution >= 0.6 is 0 Å². The van der Waals surface area contributed by atoms with Crippen LogP contribution in [0, 0.1) is 0 Å². The summed E-state index contributed by atoms with van der Waals surface area (Å²) in [5.74, 6) is 0.832. The number of para-hydroxylation sites is 1. The van der Waals surface area contributed by atoms with Crippen LogP contribution < -0.4 is 4.74 Å². The lowest BCUT2D eigenvalue weighted by atomic mass is 10.0. The normalized spacial score (nSPS) is 17.1. The Hall–Kier alpha value is -1.81. The average Bonchev–Trinajstić information content (AvgIpc) is 2.52. The van der Waals surface area contributed by atoms with Gasteiger partial charge in [-0.25, -0.2) is 0 Å². The zero-order chi connectivity index (χ0) is 15.2. The van der Waals surface area contributed by atoms with Crippen molar-refractivity contribution in [2.75, 3.05) is 34.3 Å². The van der Waals surface area contributed by atoms with Crippen molar-refractivity contribution in [3.05, 3.63) is 35.9 Å². The van der Waals surface area contributed by atoms with E-state index in [9.17, 15) is 4.79 Å². The quantitative estimate of drug-likeness (QED) is 0.797. The van der Waals surface area contributed by atoms with Crippen molar-refractivity contribution in [1.29, 1.82) is 0 Å². The van der Waals surface area contributed by atoms with Crippen LogP contribution in [0.1, 0.15) is 18.4 Å². The highest BCUT2D eigenvalue weighted by Gasteiger charge is 2.22. The van der Waals surface area contributed by atoms with Crippen molar-refractivity contribution < 1.29 is 9.53 Å². The van der Waals surface area contributed by atoms with Crippen LogP contribution in [-0.2, 0) is 4.79 Å². The maximum atomic E-state index is 12.3. The van der Waals surface area contributed by atoms with Crippen LogP contribution in [0.4, 0.5) is 0 Å². The van der Waals surface area contributed by atoms with Crippen LogP contribution in [0.2, 0.25) is 0 Å². The van der Waals surface area contributed by atoms with E-state index in [2.05, 4.69) is 11.9 Å². The van der Waals surface area contributed by atoms with Gasteiger partial charge in [0.2, 0.25) is 5.91 Å². The molecule has 1 aromatic carbocycles. The number of carbonyl (C=O) groups is 1. The van der Waals surface area contributed by atoms with Gasteiger partial charge in [0.25, 0.3) is 0 Å². The van der Waals surface area contributed by atoms with Gasteiger partial charge in [0.15, 0.2) is 0 Å². The number of rotatable bonds is 4. The molecule has 0 aromatic heterocycles. The van der Waals surface area contributed by atoms with Gasteiger partial charge < -0.3 is 14.5 Å². The highest BCUT2D eigenvalue weighted by Crippen LogP contribution is 2.19. The fourth-order valence-electron chi connectivity index (χ4n) is 2.64. The van der Waals surface area contributed by atoms with Gasteiger partial charge in [-0.05, 0) is 45.1 Å². The minimum absolute atomic E-state index is 0.0514. The van der Waals surface area contributed by atoms with Crippen LogP contribution in [0.5, 0.6) is 5.75 Å². The van der Waals surface area contributed by atoms with Crippen molar-refractivity contribution in [3.63, 3.8) is 0 Å². The molecule has 4 nitrogen and oxygen atoms in total. The topological polar surface area (TPSA) is 32.8 Å². The van der Waals surface area contributed by atoms with E-state index < -0.39 is 0 Å². The molecule has 1 aromatic rings. The SMILES string of the molecule is COc1ccccc1/C=C\C(=O)N(C)C1CCN(C)CC1. The zero-order valence-corrected chi connectivity index (χ0v) is 13.1. The van der Waals surface area contributed by atoms with Crippen molar-refractivity contribution in [2.45, 2.75) is 18.9 Å². The van der Waals surface area contributed by atoms with Gasteiger partial charge >= 0.3 is 0 Å². The fourth-order valence-corrected chi connectivity index (χ4v) is 2.64. The summed E-state index contributed by atoms with van der Waals surface area (Å²) in [6, 6.07) is 8.04. The van der Waals surface area contributed by atoms with E-state index in [1.54, 1.807) is 13.2 Å². The molecule has 0 atom stereocenters. The zero-order valence-electron chi connectivity index (χ0n) is 13.1. The summed E-state index contributed by atoms with van der Waals surface area (Å²) in [5.41, 5.74) is 0.921. The van der Waals surface area contributed by atoms with E-state index in [0.717, 1.165) is 37.2 Å². The molecule has 114 valence electrons. The van der Waals surface area contributed by atoms with Crippen LogP contribution in [-0.4, -0.2) is 56.0 Å². The lowest BCUT2D eigenvalue weighted by Gasteiger charge is -2.34. The number of carbonyl (C=O) groups excluding carboxylic acids is 1. The number of hydrogen-bond acceptors (Lipinski definition) is 3. The Morgan fingerprint density at radius 1 is 1.33 bits per heavy atom.